The Balaban J connectivity index is 3.21. The summed E-state index contributed by atoms with van der Waals surface area (Å²) in [5.41, 5.74) is 2.98. The SMILES string of the molecule is CCCc1c(B(O)O)cccc1C(C)C. The lowest BCUT2D eigenvalue weighted by Gasteiger charge is -2.16. The standard InChI is InChI=1S/C12H19BO2/c1-4-6-11-10(9(2)3)7-5-8-12(11)13(14)15/h5,7-9,14-15H,4,6H2,1-3H3. The summed E-state index contributed by atoms with van der Waals surface area (Å²) in [7, 11) is -1.36. The van der Waals surface area contributed by atoms with E-state index in [9.17, 15) is 10.0 Å². The fourth-order valence-corrected chi connectivity index (χ4v) is 1.94. The lowest BCUT2D eigenvalue weighted by atomic mass is 9.73. The Labute approximate surface area is 92.1 Å². The van der Waals surface area contributed by atoms with Crippen molar-refractivity contribution in [2.45, 2.75) is 39.5 Å². The van der Waals surface area contributed by atoms with E-state index in [0.29, 0.717) is 11.4 Å². The first-order chi connectivity index (χ1) is 7.07. The molecule has 1 aromatic carbocycles. The van der Waals surface area contributed by atoms with E-state index >= 15 is 0 Å². The van der Waals surface area contributed by atoms with Gasteiger partial charge < -0.3 is 10.0 Å². The van der Waals surface area contributed by atoms with E-state index in [1.807, 2.05) is 6.07 Å². The van der Waals surface area contributed by atoms with Crippen LogP contribution in [0.25, 0.3) is 0 Å². The summed E-state index contributed by atoms with van der Waals surface area (Å²) in [5.74, 6) is 0.422. The molecule has 0 fully saturated rings. The van der Waals surface area contributed by atoms with Crippen LogP contribution in [0.3, 0.4) is 0 Å². The molecule has 0 aliphatic heterocycles. The van der Waals surface area contributed by atoms with Gasteiger partial charge in [-0.3, -0.25) is 0 Å². The van der Waals surface area contributed by atoms with Crippen molar-refractivity contribution in [3.8, 4) is 0 Å². The molecule has 0 heterocycles. The second-order valence-electron chi connectivity index (χ2n) is 4.19. The van der Waals surface area contributed by atoms with Crippen molar-refractivity contribution in [2.75, 3.05) is 0 Å². The summed E-state index contributed by atoms with van der Waals surface area (Å²) in [5, 5.41) is 18.6. The molecule has 0 unspecified atom stereocenters. The normalized spacial score (nSPS) is 10.8. The van der Waals surface area contributed by atoms with Gasteiger partial charge in [0.25, 0.3) is 0 Å². The Kier molecular flexibility index (Phi) is 4.36. The van der Waals surface area contributed by atoms with Gasteiger partial charge in [-0.15, -0.1) is 0 Å². The van der Waals surface area contributed by atoms with Gasteiger partial charge in [0.15, 0.2) is 0 Å². The molecule has 0 atom stereocenters. The number of benzene rings is 1. The van der Waals surface area contributed by atoms with Crippen molar-refractivity contribution < 1.29 is 10.0 Å². The monoisotopic (exact) mass is 206 g/mol. The molecule has 0 aliphatic carbocycles. The summed E-state index contributed by atoms with van der Waals surface area (Å²) in [4.78, 5) is 0. The largest absolute Gasteiger partial charge is 0.488 e. The molecule has 1 aromatic rings. The second kappa shape index (κ2) is 5.33. The lowest BCUT2D eigenvalue weighted by Crippen LogP contribution is -2.34. The Morgan fingerprint density at radius 1 is 1.27 bits per heavy atom. The Hall–Kier alpha value is -0.795. The molecule has 0 saturated carbocycles. The summed E-state index contributed by atoms with van der Waals surface area (Å²) < 4.78 is 0. The maximum absolute atomic E-state index is 9.29. The Morgan fingerprint density at radius 3 is 2.40 bits per heavy atom. The van der Waals surface area contributed by atoms with Gasteiger partial charge in [-0.05, 0) is 28.9 Å². The molecule has 0 amide bonds. The fraction of sp³-hybridized carbons (Fsp3) is 0.500. The molecule has 82 valence electrons. The molecular formula is C12H19BO2. The van der Waals surface area contributed by atoms with Crippen LogP contribution in [0, 0.1) is 0 Å². The van der Waals surface area contributed by atoms with E-state index in [2.05, 4.69) is 26.8 Å². The molecule has 0 aliphatic rings. The molecule has 3 heteroatoms. The highest BCUT2D eigenvalue weighted by Gasteiger charge is 2.18. The second-order valence-corrected chi connectivity index (χ2v) is 4.19. The van der Waals surface area contributed by atoms with Crippen LogP contribution in [0.15, 0.2) is 18.2 Å². The van der Waals surface area contributed by atoms with Gasteiger partial charge in [-0.2, -0.15) is 0 Å². The van der Waals surface area contributed by atoms with Gasteiger partial charge in [0.2, 0.25) is 0 Å². The maximum Gasteiger partial charge on any atom is 0.488 e. The fourth-order valence-electron chi connectivity index (χ4n) is 1.94. The third-order valence-electron chi connectivity index (χ3n) is 2.65. The van der Waals surface area contributed by atoms with Gasteiger partial charge in [0.1, 0.15) is 0 Å². The third-order valence-corrected chi connectivity index (χ3v) is 2.65. The van der Waals surface area contributed by atoms with Crippen molar-refractivity contribution in [2.24, 2.45) is 0 Å². The highest BCUT2D eigenvalue weighted by molar-refractivity contribution is 6.59. The van der Waals surface area contributed by atoms with Crippen molar-refractivity contribution in [1.29, 1.82) is 0 Å². The van der Waals surface area contributed by atoms with Gasteiger partial charge in [-0.25, -0.2) is 0 Å². The molecule has 0 aromatic heterocycles. The molecule has 0 bridgehead atoms. The predicted octanol–water partition coefficient (Wildman–Crippen LogP) is 1.44. The van der Waals surface area contributed by atoms with Crippen LogP contribution in [0.4, 0.5) is 0 Å². The van der Waals surface area contributed by atoms with Gasteiger partial charge in [0, 0.05) is 0 Å². The zero-order valence-electron chi connectivity index (χ0n) is 9.70. The summed E-state index contributed by atoms with van der Waals surface area (Å²) in [6.45, 7) is 6.36. The van der Waals surface area contributed by atoms with Gasteiger partial charge in [0.05, 0.1) is 0 Å². The molecule has 0 radical (unpaired) electrons. The number of hydrogen-bond donors (Lipinski definition) is 2. The van der Waals surface area contributed by atoms with E-state index in [-0.39, 0.29) is 0 Å². The quantitative estimate of drug-likeness (QED) is 0.732. The first-order valence-electron chi connectivity index (χ1n) is 5.55. The van der Waals surface area contributed by atoms with E-state index in [4.69, 9.17) is 0 Å². The van der Waals surface area contributed by atoms with Crippen molar-refractivity contribution in [3.63, 3.8) is 0 Å². The topological polar surface area (TPSA) is 40.5 Å². The van der Waals surface area contributed by atoms with E-state index in [1.165, 1.54) is 5.56 Å². The van der Waals surface area contributed by atoms with Crippen LogP contribution in [0.5, 0.6) is 0 Å². The average Bonchev–Trinajstić information content (AvgIpc) is 2.17. The van der Waals surface area contributed by atoms with Crippen LogP contribution >= 0.6 is 0 Å². The molecule has 1 rings (SSSR count). The zero-order chi connectivity index (χ0) is 11.4. The number of hydrogen-bond acceptors (Lipinski definition) is 2. The summed E-state index contributed by atoms with van der Waals surface area (Å²) >= 11 is 0. The Bertz CT molecular complexity index is 295. The zero-order valence-corrected chi connectivity index (χ0v) is 9.70. The maximum atomic E-state index is 9.29. The smallest absolute Gasteiger partial charge is 0.423 e. The van der Waals surface area contributed by atoms with Gasteiger partial charge >= 0.3 is 7.12 Å². The van der Waals surface area contributed by atoms with Crippen LogP contribution in [0.2, 0.25) is 0 Å². The molecule has 2 N–H and O–H groups in total. The Morgan fingerprint density at radius 2 is 1.93 bits per heavy atom. The van der Waals surface area contributed by atoms with Gasteiger partial charge in [-0.1, -0.05) is 45.4 Å². The number of rotatable bonds is 4. The van der Waals surface area contributed by atoms with Crippen molar-refractivity contribution >= 4 is 12.6 Å². The first kappa shape index (κ1) is 12.3. The molecule has 0 saturated heterocycles. The van der Waals surface area contributed by atoms with Crippen LogP contribution < -0.4 is 5.46 Å². The highest BCUT2D eigenvalue weighted by Crippen LogP contribution is 2.19. The summed E-state index contributed by atoms with van der Waals surface area (Å²) in [6.07, 6.45) is 1.92. The minimum atomic E-state index is -1.36. The predicted molar refractivity (Wildman–Crippen MR) is 64.4 cm³/mol. The minimum Gasteiger partial charge on any atom is -0.423 e. The van der Waals surface area contributed by atoms with Crippen molar-refractivity contribution in [3.05, 3.63) is 29.3 Å². The van der Waals surface area contributed by atoms with Crippen molar-refractivity contribution in [1.82, 2.24) is 0 Å². The van der Waals surface area contributed by atoms with E-state index in [0.717, 1.165) is 18.4 Å². The molecule has 0 spiro atoms. The van der Waals surface area contributed by atoms with E-state index in [1.54, 1.807) is 6.07 Å². The van der Waals surface area contributed by atoms with Crippen LogP contribution in [-0.2, 0) is 6.42 Å². The third kappa shape index (κ3) is 2.83. The lowest BCUT2D eigenvalue weighted by molar-refractivity contribution is 0.425. The molecule has 15 heavy (non-hydrogen) atoms. The van der Waals surface area contributed by atoms with Crippen LogP contribution in [-0.4, -0.2) is 17.2 Å². The van der Waals surface area contributed by atoms with Crippen LogP contribution in [0.1, 0.15) is 44.2 Å². The first-order valence-corrected chi connectivity index (χ1v) is 5.55. The highest BCUT2D eigenvalue weighted by atomic mass is 16.4. The minimum absolute atomic E-state index is 0.422. The molecular weight excluding hydrogens is 187 g/mol. The van der Waals surface area contributed by atoms with E-state index < -0.39 is 7.12 Å². The average molecular weight is 206 g/mol. The molecule has 2 nitrogen and oxygen atoms in total. The summed E-state index contributed by atoms with van der Waals surface area (Å²) in [6, 6.07) is 5.76.